The van der Waals surface area contributed by atoms with Gasteiger partial charge in [-0.2, -0.15) is 11.8 Å². The maximum absolute atomic E-state index is 5.95. The number of halogens is 1. The van der Waals surface area contributed by atoms with Crippen molar-refractivity contribution in [1.82, 2.24) is 9.88 Å². The molecule has 2 aromatic carbocycles. The van der Waals surface area contributed by atoms with Crippen molar-refractivity contribution in [2.75, 3.05) is 26.4 Å². The summed E-state index contributed by atoms with van der Waals surface area (Å²) in [4.78, 5) is 6.99. The SMILES string of the molecule is CN(C)CCSCc1ccc(-c2csc(-c3ccc(Cl)cc3)n2)cc1. The molecule has 0 aliphatic carbocycles. The average molecular weight is 389 g/mol. The summed E-state index contributed by atoms with van der Waals surface area (Å²) in [5.41, 5.74) is 4.66. The van der Waals surface area contributed by atoms with Crippen LogP contribution in [-0.4, -0.2) is 36.3 Å². The van der Waals surface area contributed by atoms with Gasteiger partial charge in [0.25, 0.3) is 0 Å². The number of nitrogens with zero attached hydrogens (tertiary/aromatic N) is 2. The molecular formula is C20H21ClN2S2. The Kier molecular flexibility index (Phi) is 6.54. The number of hydrogen-bond donors (Lipinski definition) is 0. The van der Waals surface area contributed by atoms with Crippen LogP contribution in [0, 0.1) is 0 Å². The lowest BCUT2D eigenvalue weighted by Gasteiger charge is -2.08. The van der Waals surface area contributed by atoms with E-state index >= 15 is 0 Å². The fraction of sp³-hybridized carbons (Fsp3) is 0.250. The van der Waals surface area contributed by atoms with Crippen LogP contribution in [0.2, 0.25) is 5.02 Å². The monoisotopic (exact) mass is 388 g/mol. The fourth-order valence-corrected chi connectivity index (χ4v) is 4.37. The number of thiazole rings is 1. The standard InChI is InChI=1S/C20H21ClN2S2/c1-23(2)11-12-24-13-15-3-5-16(6-4-15)19-14-25-20(22-19)17-7-9-18(21)10-8-17/h3-10,14H,11-13H2,1-2H3. The third kappa shape index (κ3) is 5.32. The topological polar surface area (TPSA) is 16.1 Å². The Morgan fingerprint density at radius 2 is 1.68 bits per heavy atom. The van der Waals surface area contributed by atoms with Crippen LogP contribution in [0.5, 0.6) is 0 Å². The summed E-state index contributed by atoms with van der Waals surface area (Å²) in [5.74, 6) is 2.21. The van der Waals surface area contributed by atoms with Crippen LogP contribution in [0.1, 0.15) is 5.56 Å². The first-order chi connectivity index (χ1) is 12.1. The molecule has 0 unspecified atom stereocenters. The van der Waals surface area contributed by atoms with Crippen LogP contribution in [0.4, 0.5) is 0 Å². The van der Waals surface area contributed by atoms with Gasteiger partial charge >= 0.3 is 0 Å². The summed E-state index contributed by atoms with van der Waals surface area (Å²) in [6, 6.07) is 16.6. The van der Waals surface area contributed by atoms with Crippen LogP contribution < -0.4 is 0 Å². The molecule has 0 aliphatic rings. The first-order valence-electron chi connectivity index (χ1n) is 8.15. The molecule has 0 radical (unpaired) electrons. The van der Waals surface area contributed by atoms with Crippen LogP contribution in [0.15, 0.2) is 53.9 Å². The third-order valence-corrected chi connectivity index (χ3v) is 5.95. The van der Waals surface area contributed by atoms with E-state index in [1.54, 1.807) is 11.3 Å². The first kappa shape index (κ1) is 18.5. The van der Waals surface area contributed by atoms with E-state index in [0.717, 1.165) is 39.3 Å². The second kappa shape index (κ2) is 8.86. The molecule has 0 amide bonds. The lowest BCUT2D eigenvalue weighted by atomic mass is 10.1. The molecule has 5 heteroatoms. The number of benzene rings is 2. The first-order valence-corrected chi connectivity index (χ1v) is 10.6. The Morgan fingerprint density at radius 3 is 2.36 bits per heavy atom. The summed E-state index contributed by atoms with van der Waals surface area (Å²) in [6.07, 6.45) is 0. The zero-order chi connectivity index (χ0) is 17.6. The minimum absolute atomic E-state index is 0.750. The molecule has 130 valence electrons. The summed E-state index contributed by atoms with van der Waals surface area (Å²) >= 11 is 9.59. The molecule has 0 saturated carbocycles. The molecule has 3 aromatic rings. The molecule has 0 fully saturated rings. The third-order valence-electron chi connectivity index (χ3n) is 3.80. The second-order valence-electron chi connectivity index (χ2n) is 6.10. The van der Waals surface area contributed by atoms with E-state index in [-0.39, 0.29) is 0 Å². The highest BCUT2D eigenvalue weighted by Crippen LogP contribution is 2.30. The smallest absolute Gasteiger partial charge is 0.124 e. The van der Waals surface area contributed by atoms with Gasteiger partial charge in [-0.1, -0.05) is 48.0 Å². The maximum Gasteiger partial charge on any atom is 0.124 e. The van der Waals surface area contributed by atoms with Crippen LogP contribution >= 0.6 is 34.7 Å². The van der Waals surface area contributed by atoms with E-state index < -0.39 is 0 Å². The minimum Gasteiger partial charge on any atom is -0.309 e. The number of thioether (sulfide) groups is 1. The van der Waals surface area contributed by atoms with E-state index in [1.165, 1.54) is 11.1 Å². The molecule has 2 nitrogen and oxygen atoms in total. The van der Waals surface area contributed by atoms with Gasteiger partial charge in [-0.15, -0.1) is 11.3 Å². The summed E-state index contributed by atoms with van der Waals surface area (Å²) < 4.78 is 0. The Bertz CT molecular complexity index is 795. The fourth-order valence-electron chi connectivity index (χ4n) is 2.34. The van der Waals surface area contributed by atoms with E-state index in [0.29, 0.717) is 0 Å². The second-order valence-corrected chi connectivity index (χ2v) is 8.50. The normalized spacial score (nSPS) is 11.2. The van der Waals surface area contributed by atoms with Gasteiger partial charge in [-0.25, -0.2) is 4.98 Å². The van der Waals surface area contributed by atoms with Crippen molar-refractivity contribution in [3.8, 4) is 21.8 Å². The summed E-state index contributed by atoms with van der Waals surface area (Å²) in [6.45, 7) is 1.12. The molecular weight excluding hydrogens is 368 g/mol. The van der Waals surface area contributed by atoms with Crippen LogP contribution in [0.3, 0.4) is 0 Å². The predicted molar refractivity (Wildman–Crippen MR) is 113 cm³/mol. The summed E-state index contributed by atoms with van der Waals surface area (Å²) in [7, 11) is 4.23. The Balaban J connectivity index is 1.63. The molecule has 1 aromatic heterocycles. The maximum atomic E-state index is 5.95. The minimum atomic E-state index is 0.750. The number of rotatable bonds is 7. The van der Waals surface area contributed by atoms with Gasteiger partial charge in [-0.05, 0) is 31.8 Å². The summed E-state index contributed by atoms with van der Waals surface area (Å²) in [5, 5.41) is 3.89. The van der Waals surface area contributed by atoms with Crippen molar-refractivity contribution in [3.05, 3.63) is 64.5 Å². The predicted octanol–water partition coefficient (Wildman–Crippen LogP) is 5.93. The molecule has 25 heavy (non-hydrogen) atoms. The number of aromatic nitrogens is 1. The van der Waals surface area contributed by atoms with E-state index in [9.17, 15) is 0 Å². The molecule has 0 aliphatic heterocycles. The van der Waals surface area contributed by atoms with Crippen molar-refractivity contribution in [3.63, 3.8) is 0 Å². The van der Waals surface area contributed by atoms with Crippen molar-refractivity contribution in [1.29, 1.82) is 0 Å². The highest BCUT2D eigenvalue weighted by Gasteiger charge is 2.07. The van der Waals surface area contributed by atoms with Crippen LogP contribution in [0.25, 0.3) is 21.8 Å². The highest BCUT2D eigenvalue weighted by atomic mass is 35.5. The van der Waals surface area contributed by atoms with E-state index in [1.807, 2.05) is 36.0 Å². The largest absolute Gasteiger partial charge is 0.309 e. The van der Waals surface area contributed by atoms with Crippen molar-refractivity contribution >= 4 is 34.7 Å². The quantitative estimate of drug-likeness (QED) is 0.467. The van der Waals surface area contributed by atoms with Crippen molar-refractivity contribution in [2.24, 2.45) is 0 Å². The van der Waals surface area contributed by atoms with E-state index in [4.69, 9.17) is 16.6 Å². The molecule has 0 saturated heterocycles. The van der Waals surface area contributed by atoms with Crippen molar-refractivity contribution < 1.29 is 0 Å². The Hall–Kier alpha value is -1.33. The van der Waals surface area contributed by atoms with Gasteiger partial charge in [0.2, 0.25) is 0 Å². The molecule has 0 spiro atoms. The number of hydrogen-bond acceptors (Lipinski definition) is 4. The van der Waals surface area contributed by atoms with Gasteiger partial charge < -0.3 is 4.90 Å². The van der Waals surface area contributed by atoms with Gasteiger partial charge in [0, 0.05) is 39.6 Å². The lowest BCUT2D eigenvalue weighted by Crippen LogP contribution is -2.14. The molecule has 0 bridgehead atoms. The molecule has 3 rings (SSSR count). The lowest BCUT2D eigenvalue weighted by molar-refractivity contribution is 0.437. The molecule has 1 heterocycles. The molecule has 0 N–H and O–H groups in total. The average Bonchev–Trinajstić information content (AvgIpc) is 3.10. The van der Waals surface area contributed by atoms with Gasteiger partial charge in [0.15, 0.2) is 0 Å². The van der Waals surface area contributed by atoms with Gasteiger partial charge in [-0.3, -0.25) is 0 Å². The Labute approximate surface area is 162 Å². The highest BCUT2D eigenvalue weighted by molar-refractivity contribution is 7.98. The zero-order valence-electron chi connectivity index (χ0n) is 14.4. The van der Waals surface area contributed by atoms with Crippen LogP contribution in [-0.2, 0) is 5.75 Å². The van der Waals surface area contributed by atoms with E-state index in [2.05, 4.69) is 48.6 Å². The van der Waals surface area contributed by atoms with Gasteiger partial charge in [0.05, 0.1) is 5.69 Å². The van der Waals surface area contributed by atoms with Crippen molar-refractivity contribution in [2.45, 2.75) is 5.75 Å². The zero-order valence-corrected chi connectivity index (χ0v) is 16.8. The molecule has 0 atom stereocenters. The van der Waals surface area contributed by atoms with Gasteiger partial charge in [0.1, 0.15) is 5.01 Å². The Morgan fingerprint density at radius 1 is 1.00 bits per heavy atom.